The third-order valence-electron chi connectivity index (χ3n) is 2.21. The molecule has 1 atom stereocenters. The zero-order chi connectivity index (χ0) is 10.1. The first-order valence-electron chi connectivity index (χ1n) is 4.41. The van der Waals surface area contributed by atoms with Gasteiger partial charge < -0.3 is 15.1 Å². The molecule has 1 aliphatic rings. The van der Waals surface area contributed by atoms with Crippen molar-refractivity contribution in [2.24, 2.45) is 5.16 Å². The van der Waals surface area contributed by atoms with Crippen LogP contribution in [-0.4, -0.2) is 22.1 Å². The van der Waals surface area contributed by atoms with Crippen LogP contribution in [-0.2, 0) is 0 Å². The van der Waals surface area contributed by atoms with Gasteiger partial charge in [-0.3, -0.25) is 0 Å². The fourth-order valence-corrected chi connectivity index (χ4v) is 1.58. The maximum atomic E-state index is 9.25. The second-order valence-corrected chi connectivity index (χ2v) is 3.36. The van der Waals surface area contributed by atoms with Crippen molar-refractivity contribution >= 4 is 5.71 Å². The van der Waals surface area contributed by atoms with Crippen LogP contribution in [0.2, 0.25) is 0 Å². The number of phenols is 1. The predicted octanol–water partition coefficient (Wildman–Crippen LogP) is 1.74. The molecule has 0 aromatic heterocycles. The average molecular weight is 193 g/mol. The van der Waals surface area contributed by atoms with E-state index in [9.17, 15) is 5.11 Å². The molecule has 0 aliphatic carbocycles. The Bertz CT molecular complexity index is 387. The van der Waals surface area contributed by atoms with Gasteiger partial charge in [0, 0.05) is 18.1 Å². The quantitative estimate of drug-likeness (QED) is 0.487. The molecule has 1 aromatic rings. The van der Waals surface area contributed by atoms with Crippen molar-refractivity contribution in [3.05, 3.63) is 23.8 Å². The zero-order valence-electron chi connectivity index (χ0n) is 7.77. The highest BCUT2D eigenvalue weighted by atomic mass is 16.5. The molecule has 2 rings (SSSR count). The fourth-order valence-electron chi connectivity index (χ4n) is 1.58. The van der Waals surface area contributed by atoms with Gasteiger partial charge in [-0.1, -0.05) is 5.16 Å². The highest BCUT2D eigenvalue weighted by molar-refractivity contribution is 6.03. The molecule has 14 heavy (non-hydrogen) atoms. The van der Waals surface area contributed by atoms with Crippen LogP contribution >= 0.6 is 0 Å². The molecule has 4 heteroatoms. The number of benzene rings is 1. The first-order chi connectivity index (χ1) is 6.70. The Morgan fingerprint density at radius 1 is 1.50 bits per heavy atom. The topological polar surface area (TPSA) is 62.1 Å². The Kier molecular flexibility index (Phi) is 2.04. The summed E-state index contributed by atoms with van der Waals surface area (Å²) in [5, 5.41) is 21.3. The summed E-state index contributed by atoms with van der Waals surface area (Å²) in [5.41, 5.74) is 1.34. The maximum absolute atomic E-state index is 9.25. The van der Waals surface area contributed by atoms with E-state index >= 15 is 0 Å². The minimum absolute atomic E-state index is 0.0322. The Morgan fingerprint density at radius 3 is 3.00 bits per heavy atom. The number of fused-ring (bicyclic) bond motifs is 1. The van der Waals surface area contributed by atoms with Gasteiger partial charge in [0.15, 0.2) is 0 Å². The summed E-state index contributed by atoms with van der Waals surface area (Å²) in [6, 6.07) is 4.76. The number of oxime groups is 1. The third kappa shape index (κ3) is 1.39. The molecule has 0 bridgehead atoms. The van der Waals surface area contributed by atoms with Gasteiger partial charge in [-0.25, -0.2) is 0 Å². The summed E-state index contributed by atoms with van der Waals surface area (Å²) in [7, 11) is 0. The van der Waals surface area contributed by atoms with Crippen molar-refractivity contribution in [2.75, 3.05) is 0 Å². The van der Waals surface area contributed by atoms with Gasteiger partial charge in [0.05, 0.1) is 5.71 Å². The molecule has 0 saturated heterocycles. The first-order valence-corrected chi connectivity index (χ1v) is 4.41. The Labute approximate surface area is 81.4 Å². The van der Waals surface area contributed by atoms with E-state index in [1.807, 2.05) is 6.92 Å². The molecule has 0 radical (unpaired) electrons. The van der Waals surface area contributed by atoms with Gasteiger partial charge in [-0.15, -0.1) is 0 Å². The van der Waals surface area contributed by atoms with E-state index in [0.29, 0.717) is 17.9 Å². The highest BCUT2D eigenvalue weighted by Gasteiger charge is 2.22. The molecular formula is C10H11NO3. The number of phenolic OH excluding ortho intramolecular Hbond substituents is 1. The summed E-state index contributed by atoms with van der Waals surface area (Å²) in [6.07, 6.45) is 0.545. The monoisotopic (exact) mass is 193 g/mol. The van der Waals surface area contributed by atoms with E-state index < -0.39 is 0 Å². The number of aromatic hydroxyl groups is 1. The minimum Gasteiger partial charge on any atom is -0.508 e. The van der Waals surface area contributed by atoms with Crippen molar-refractivity contribution in [2.45, 2.75) is 19.4 Å². The van der Waals surface area contributed by atoms with Crippen LogP contribution in [0, 0.1) is 0 Å². The van der Waals surface area contributed by atoms with Gasteiger partial charge in [-0.05, 0) is 19.1 Å². The molecular weight excluding hydrogens is 182 g/mol. The van der Waals surface area contributed by atoms with Crippen LogP contribution in [0.1, 0.15) is 18.9 Å². The van der Waals surface area contributed by atoms with E-state index in [4.69, 9.17) is 9.94 Å². The van der Waals surface area contributed by atoms with Crippen LogP contribution in [0.4, 0.5) is 0 Å². The lowest BCUT2D eigenvalue weighted by molar-refractivity contribution is 0.217. The molecule has 0 fully saturated rings. The van der Waals surface area contributed by atoms with Gasteiger partial charge in [0.2, 0.25) is 0 Å². The summed E-state index contributed by atoms with van der Waals surface area (Å²) in [4.78, 5) is 0. The first kappa shape index (κ1) is 8.87. The number of hydrogen-bond acceptors (Lipinski definition) is 4. The molecule has 0 amide bonds. The highest BCUT2D eigenvalue weighted by Crippen LogP contribution is 2.30. The largest absolute Gasteiger partial charge is 0.508 e. The average Bonchev–Trinajstić information content (AvgIpc) is 2.15. The number of hydrogen-bond donors (Lipinski definition) is 2. The number of ether oxygens (including phenoxy) is 1. The second-order valence-electron chi connectivity index (χ2n) is 3.36. The van der Waals surface area contributed by atoms with Crippen LogP contribution in [0.25, 0.3) is 0 Å². The lowest BCUT2D eigenvalue weighted by Gasteiger charge is -2.23. The van der Waals surface area contributed by atoms with Crippen LogP contribution in [0.5, 0.6) is 11.5 Å². The molecule has 1 aliphatic heterocycles. The normalized spacial score (nSPS) is 22.9. The van der Waals surface area contributed by atoms with Gasteiger partial charge in [0.25, 0.3) is 0 Å². The standard InChI is InChI=1S/C10H11NO3/c1-6-4-9(11-13)8-3-2-7(12)5-10(8)14-6/h2-3,5-6,12-13H,4H2,1H3. The smallest absolute Gasteiger partial charge is 0.132 e. The Balaban J connectivity index is 2.51. The fraction of sp³-hybridized carbons (Fsp3) is 0.300. The van der Waals surface area contributed by atoms with Crippen molar-refractivity contribution in [3.8, 4) is 11.5 Å². The van der Waals surface area contributed by atoms with E-state index in [1.165, 1.54) is 6.07 Å². The molecule has 0 saturated carbocycles. The number of rotatable bonds is 0. The molecule has 1 unspecified atom stereocenters. The molecule has 4 nitrogen and oxygen atoms in total. The van der Waals surface area contributed by atoms with E-state index in [1.54, 1.807) is 12.1 Å². The molecule has 0 spiro atoms. The predicted molar refractivity (Wildman–Crippen MR) is 51.1 cm³/mol. The zero-order valence-corrected chi connectivity index (χ0v) is 7.77. The Hall–Kier alpha value is -1.71. The van der Waals surface area contributed by atoms with Crippen molar-refractivity contribution in [3.63, 3.8) is 0 Å². The molecule has 1 heterocycles. The minimum atomic E-state index is -0.0322. The summed E-state index contributed by atoms with van der Waals surface area (Å²) in [6.45, 7) is 1.89. The SMILES string of the molecule is CC1CC(=NO)c2ccc(O)cc2O1. The Morgan fingerprint density at radius 2 is 2.29 bits per heavy atom. The lowest BCUT2D eigenvalue weighted by Crippen LogP contribution is -2.24. The lowest BCUT2D eigenvalue weighted by atomic mass is 10.0. The van der Waals surface area contributed by atoms with E-state index in [-0.39, 0.29) is 11.9 Å². The summed E-state index contributed by atoms with van der Waals surface area (Å²) >= 11 is 0. The van der Waals surface area contributed by atoms with E-state index in [2.05, 4.69) is 5.16 Å². The second kappa shape index (κ2) is 3.21. The van der Waals surface area contributed by atoms with Gasteiger partial charge >= 0.3 is 0 Å². The van der Waals surface area contributed by atoms with Crippen LogP contribution < -0.4 is 4.74 Å². The molecule has 74 valence electrons. The third-order valence-corrected chi connectivity index (χ3v) is 2.21. The summed E-state index contributed by atoms with van der Waals surface area (Å²) < 4.78 is 5.49. The van der Waals surface area contributed by atoms with Crippen molar-refractivity contribution in [1.29, 1.82) is 0 Å². The van der Waals surface area contributed by atoms with Gasteiger partial charge in [-0.2, -0.15) is 0 Å². The van der Waals surface area contributed by atoms with Gasteiger partial charge in [0.1, 0.15) is 17.6 Å². The van der Waals surface area contributed by atoms with Crippen molar-refractivity contribution < 1.29 is 15.1 Å². The maximum Gasteiger partial charge on any atom is 0.132 e. The molecule has 1 aromatic carbocycles. The molecule has 2 N–H and O–H groups in total. The van der Waals surface area contributed by atoms with Crippen molar-refractivity contribution in [1.82, 2.24) is 0 Å². The summed E-state index contributed by atoms with van der Waals surface area (Å²) in [5.74, 6) is 0.715. The van der Waals surface area contributed by atoms with Crippen LogP contribution in [0.15, 0.2) is 23.4 Å². The van der Waals surface area contributed by atoms with Crippen LogP contribution in [0.3, 0.4) is 0 Å². The van der Waals surface area contributed by atoms with E-state index in [0.717, 1.165) is 5.56 Å². The number of nitrogens with zero attached hydrogens (tertiary/aromatic N) is 1.